The molecule has 0 aromatic carbocycles. The number of nitrogens with zero attached hydrogens (tertiary/aromatic N) is 1. The van der Waals surface area contributed by atoms with Gasteiger partial charge in [-0.15, -0.1) is 0 Å². The maximum absolute atomic E-state index is 12.3. The van der Waals surface area contributed by atoms with Crippen LogP contribution >= 0.6 is 0 Å². The SMILES string of the molecule is CC(C)CN(CC(C)C)C(=O)N[C@H]1CC[C@@H](C(=O)O)C1. The minimum Gasteiger partial charge on any atom is -0.481 e. The minimum atomic E-state index is -0.747. The lowest BCUT2D eigenvalue weighted by molar-refractivity contribution is -0.141. The van der Waals surface area contributed by atoms with Crippen LogP contribution in [0.25, 0.3) is 0 Å². The summed E-state index contributed by atoms with van der Waals surface area (Å²) in [6, 6.07) is -0.0473. The van der Waals surface area contributed by atoms with Crippen molar-refractivity contribution in [3.63, 3.8) is 0 Å². The molecular formula is C15H28N2O3. The molecule has 5 nitrogen and oxygen atoms in total. The highest BCUT2D eigenvalue weighted by atomic mass is 16.4. The third-order valence-corrected chi connectivity index (χ3v) is 3.57. The van der Waals surface area contributed by atoms with Crippen LogP contribution in [0.15, 0.2) is 0 Å². The monoisotopic (exact) mass is 284 g/mol. The number of carbonyl (C=O) groups excluding carboxylic acids is 1. The van der Waals surface area contributed by atoms with Crippen molar-refractivity contribution < 1.29 is 14.7 Å². The lowest BCUT2D eigenvalue weighted by Crippen LogP contribution is -2.46. The van der Waals surface area contributed by atoms with Crippen molar-refractivity contribution in [3.8, 4) is 0 Å². The number of carboxylic acid groups (broad SMARTS) is 1. The lowest BCUT2D eigenvalue weighted by Gasteiger charge is -2.28. The summed E-state index contributed by atoms with van der Waals surface area (Å²) < 4.78 is 0. The summed E-state index contributed by atoms with van der Waals surface area (Å²) >= 11 is 0. The fraction of sp³-hybridized carbons (Fsp3) is 0.867. The number of aliphatic carboxylic acids is 1. The van der Waals surface area contributed by atoms with Crippen LogP contribution in [-0.4, -0.2) is 41.1 Å². The summed E-state index contributed by atoms with van der Waals surface area (Å²) in [4.78, 5) is 25.1. The zero-order chi connectivity index (χ0) is 15.3. The minimum absolute atomic E-state index is 0.00502. The molecule has 0 aromatic heterocycles. The first-order valence-corrected chi connectivity index (χ1v) is 7.57. The van der Waals surface area contributed by atoms with Gasteiger partial charge in [0.1, 0.15) is 0 Å². The van der Waals surface area contributed by atoms with Gasteiger partial charge in [0, 0.05) is 19.1 Å². The molecule has 20 heavy (non-hydrogen) atoms. The van der Waals surface area contributed by atoms with Gasteiger partial charge in [-0.3, -0.25) is 4.79 Å². The molecule has 1 aliphatic carbocycles. The van der Waals surface area contributed by atoms with Crippen LogP contribution in [0.3, 0.4) is 0 Å². The molecule has 0 bridgehead atoms. The van der Waals surface area contributed by atoms with Crippen molar-refractivity contribution in [2.75, 3.05) is 13.1 Å². The third-order valence-electron chi connectivity index (χ3n) is 3.57. The highest BCUT2D eigenvalue weighted by Gasteiger charge is 2.31. The van der Waals surface area contributed by atoms with Gasteiger partial charge in [0.2, 0.25) is 0 Å². The molecule has 0 radical (unpaired) electrons. The number of hydrogen-bond donors (Lipinski definition) is 2. The first-order valence-electron chi connectivity index (χ1n) is 7.57. The van der Waals surface area contributed by atoms with Crippen LogP contribution < -0.4 is 5.32 Å². The Bertz CT molecular complexity index is 332. The smallest absolute Gasteiger partial charge is 0.317 e. The highest BCUT2D eigenvalue weighted by Crippen LogP contribution is 2.25. The van der Waals surface area contributed by atoms with E-state index in [0.29, 0.717) is 24.7 Å². The summed E-state index contributed by atoms with van der Waals surface area (Å²) in [6.07, 6.45) is 1.98. The van der Waals surface area contributed by atoms with Crippen LogP contribution in [0.1, 0.15) is 47.0 Å². The van der Waals surface area contributed by atoms with E-state index in [2.05, 4.69) is 33.0 Å². The zero-order valence-electron chi connectivity index (χ0n) is 13.1. The van der Waals surface area contributed by atoms with Gasteiger partial charge < -0.3 is 15.3 Å². The number of rotatable bonds is 6. The molecule has 0 heterocycles. The molecule has 2 amide bonds. The summed E-state index contributed by atoms with van der Waals surface area (Å²) in [7, 11) is 0. The Morgan fingerprint density at radius 2 is 1.70 bits per heavy atom. The predicted octanol–water partition coefficient (Wildman–Crippen LogP) is 2.56. The van der Waals surface area contributed by atoms with E-state index in [0.717, 1.165) is 19.5 Å². The Morgan fingerprint density at radius 3 is 2.10 bits per heavy atom. The highest BCUT2D eigenvalue weighted by molar-refractivity contribution is 5.75. The third kappa shape index (κ3) is 5.39. The van der Waals surface area contributed by atoms with Crippen molar-refractivity contribution >= 4 is 12.0 Å². The molecule has 0 saturated heterocycles. The molecule has 0 aromatic rings. The Labute approximate surface area is 121 Å². The number of carbonyl (C=O) groups is 2. The molecule has 1 rings (SSSR count). The second kappa shape index (κ2) is 7.50. The van der Waals surface area contributed by atoms with E-state index < -0.39 is 5.97 Å². The molecule has 116 valence electrons. The molecule has 0 unspecified atom stereocenters. The van der Waals surface area contributed by atoms with E-state index in [1.807, 2.05) is 4.90 Å². The Morgan fingerprint density at radius 1 is 1.15 bits per heavy atom. The van der Waals surface area contributed by atoms with E-state index in [9.17, 15) is 9.59 Å². The van der Waals surface area contributed by atoms with E-state index >= 15 is 0 Å². The molecule has 1 fully saturated rings. The summed E-state index contributed by atoms with van der Waals surface area (Å²) in [5.74, 6) is -0.198. The van der Waals surface area contributed by atoms with Crippen LogP contribution in [0.4, 0.5) is 4.79 Å². The fourth-order valence-electron chi connectivity index (χ4n) is 2.72. The summed E-state index contributed by atoms with van der Waals surface area (Å²) in [5.41, 5.74) is 0. The molecule has 2 N–H and O–H groups in total. The molecular weight excluding hydrogens is 256 g/mol. The van der Waals surface area contributed by atoms with Crippen molar-refractivity contribution in [3.05, 3.63) is 0 Å². The average Bonchev–Trinajstić information content (AvgIpc) is 2.75. The van der Waals surface area contributed by atoms with Gasteiger partial charge in [-0.05, 0) is 31.1 Å². The average molecular weight is 284 g/mol. The van der Waals surface area contributed by atoms with Crippen molar-refractivity contribution in [2.24, 2.45) is 17.8 Å². The van der Waals surface area contributed by atoms with Crippen LogP contribution in [0.5, 0.6) is 0 Å². The Hall–Kier alpha value is -1.26. The van der Waals surface area contributed by atoms with Gasteiger partial charge >= 0.3 is 12.0 Å². The summed E-state index contributed by atoms with van der Waals surface area (Å²) in [5, 5.41) is 12.0. The maximum Gasteiger partial charge on any atom is 0.317 e. The van der Waals surface area contributed by atoms with Crippen LogP contribution in [0, 0.1) is 17.8 Å². The molecule has 2 atom stereocenters. The molecule has 0 aliphatic heterocycles. The molecule has 5 heteroatoms. The van der Waals surface area contributed by atoms with E-state index in [1.54, 1.807) is 0 Å². The Balaban J connectivity index is 2.51. The number of nitrogens with one attached hydrogen (secondary N) is 1. The largest absolute Gasteiger partial charge is 0.481 e. The second-order valence-electron chi connectivity index (χ2n) is 6.69. The van der Waals surface area contributed by atoms with Crippen molar-refractivity contribution in [1.29, 1.82) is 0 Å². The number of amides is 2. The van der Waals surface area contributed by atoms with E-state index in [4.69, 9.17) is 5.11 Å². The number of hydrogen-bond acceptors (Lipinski definition) is 2. The fourth-order valence-corrected chi connectivity index (χ4v) is 2.72. The van der Waals surface area contributed by atoms with Gasteiger partial charge in [0.25, 0.3) is 0 Å². The molecule has 0 spiro atoms. The maximum atomic E-state index is 12.3. The lowest BCUT2D eigenvalue weighted by atomic mass is 10.1. The second-order valence-corrected chi connectivity index (χ2v) is 6.69. The Kier molecular flexibility index (Phi) is 6.30. The van der Waals surface area contributed by atoms with E-state index in [1.165, 1.54) is 0 Å². The number of urea groups is 1. The molecule has 1 aliphatic rings. The first-order chi connectivity index (χ1) is 9.29. The predicted molar refractivity (Wildman–Crippen MR) is 78.5 cm³/mol. The quantitative estimate of drug-likeness (QED) is 0.787. The van der Waals surface area contributed by atoms with Crippen molar-refractivity contribution in [1.82, 2.24) is 10.2 Å². The normalized spacial score (nSPS) is 22.3. The number of carboxylic acids is 1. The van der Waals surface area contributed by atoms with Gasteiger partial charge in [-0.1, -0.05) is 27.7 Å². The zero-order valence-corrected chi connectivity index (χ0v) is 13.1. The van der Waals surface area contributed by atoms with Gasteiger partial charge in [0.05, 0.1) is 5.92 Å². The first kappa shape index (κ1) is 16.8. The van der Waals surface area contributed by atoms with E-state index in [-0.39, 0.29) is 18.0 Å². The topological polar surface area (TPSA) is 69.6 Å². The van der Waals surface area contributed by atoms with Gasteiger partial charge in [-0.25, -0.2) is 4.79 Å². The van der Waals surface area contributed by atoms with Crippen LogP contribution in [0.2, 0.25) is 0 Å². The molecule has 1 saturated carbocycles. The standard InChI is InChI=1S/C15H28N2O3/c1-10(2)8-17(9-11(3)4)15(20)16-13-6-5-12(7-13)14(18)19/h10-13H,5-9H2,1-4H3,(H,16,20)(H,18,19)/t12-,13+/m1/s1. The van der Waals surface area contributed by atoms with Crippen LogP contribution in [-0.2, 0) is 4.79 Å². The van der Waals surface area contributed by atoms with Crippen molar-refractivity contribution in [2.45, 2.75) is 53.0 Å². The summed E-state index contributed by atoms with van der Waals surface area (Å²) in [6.45, 7) is 9.85. The van der Waals surface area contributed by atoms with Gasteiger partial charge in [-0.2, -0.15) is 0 Å². The van der Waals surface area contributed by atoms with Gasteiger partial charge in [0.15, 0.2) is 0 Å².